The van der Waals surface area contributed by atoms with Crippen molar-refractivity contribution in [1.29, 1.82) is 0 Å². The Morgan fingerprint density at radius 2 is 1.85 bits per heavy atom. The molecule has 5 heteroatoms. The molecular formula is C21H25N3O2. The van der Waals surface area contributed by atoms with Crippen LogP contribution >= 0.6 is 0 Å². The molecule has 3 aromatic rings. The summed E-state index contributed by atoms with van der Waals surface area (Å²) < 4.78 is 2.38. The average Bonchev–Trinajstić information content (AvgIpc) is 2.96. The van der Waals surface area contributed by atoms with Crippen molar-refractivity contribution in [3.8, 4) is 0 Å². The fraction of sp³-hybridized carbons (Fsp3) is 0.286. The monoisotopic (exact) mass is 351 g/mol. The van der Waals surface area contributed by atoms with E-state index in [1.54, 1.807) is 17.6 Å². The van der Waals surface area contributed by atoms with Crippen LogP contribution in [0.5, 0.6) is 0 Å². The zero-order valence-corrected chi connectivity index (χ0v) is 15.2. The van der Waals surface area contributed by atoms with Gasteiger partial charge in [0.1, 0.15) is 0 Å². The normalized spacial score (nSPS) is 11.0. The number of hydrogen-bond acceptors (Lipinski definition) is 3. The molecule has 0 saturated carbocycles. The van der Waals surface area contributed by atoms with Gasteiger partial charge in [-0.25, -0.2) is 5.48 Å². The molecule has 0 aliphatic heterocycles. The molecule has 3 rings (SSSR count). The molecule has 2 aromatic carbocycles. The summed E-state index contributed by atoms with van der Waals surface area (Å²) >= 11 is 0. The number of aromatic nitrogens is 1. The number of hydrogen-bond donors (Lipinski definition) is 3. The Morgan fingerprint density at radius 1 is 1.12 bits per heavy atom. The number of hydroxylamine groups is 1. The molecule has 0 aliphatic rings. The van der Waals surface area contributed by atoms with Crippen LogP contribution in [0.1, 0.15) is 40.5 Å². The van der Waals surface area contributed by atoms with Crippen LogP contribution in [0.15, 0.2) is 48.5 Å². The van der Waals surface area contributed by atoms with Crippen LogP contribution in [0.25, 0.3) is 10.9 Å². The van der Waals surface area contributed by atoms with Gasteiger partial charge in [0.15, 0.2) is 0 Å². The van der Waals surface area contributed by atoms with Gasteiger partial charge >= 0.3 is 0 Å². The third-order valence-electron chi connectivity index (χ3n) is 4.69. The van der Waals surface area contributed by atoms with Crippen molar-refractivity contribution in [2.75, 3.05) is 7.05 Å². The Balaban J connectivity index is 2.03. The minimum atomic E-state index is -0.494. The van der Waals surface area contributed by atoms with E-state index in [4.69, 9.17) is 5.21 Å². The van der Waals surface area contributed by atoms with E-state index in [-0.39, 0.29) is 0 Å². The molecule has 0 aliphatic carbocycles. The van der Waals surface area contributed by atoms with E-state index in [1.165, 1.54) is 22.2 Å². The van der Waals surface area contributed by atoms with Crippen LogP contribution in [-0.4, -0.2) is 22.7 Å². The number of amides is 1. The molecule has 5 nitrogen and oxygen atoms in total. The number of para-hydroxylation sites is 1. The Hall–Kier alpha value is -2.63. The van der Waals surface area contributed by atoms with Crippen molar-refractivity contribution in [1.82, 2.24) is 15.4 Å². The van der Waals surface area contributed by atoms with Crippen molar-refractivity contribution in [3.05, 3.63) is 70.9 Å². The minimum Gasteiger partial charge on any atom is -0.340 e. The van der Waals surface area contributed by atoms with Crippen LogP contribution in [0, 0.1) is 0 Å². The SMILES string of the molecule is CCCc1c(CNC)c2ccccc2n1Cc1ccc(C(=O)NO)cc1. The second-order valence-electron chi connectivity index (χ2n) is 6.45. The molecule has 0 unspecified atom stereocenters. The number of nitrogens with one attached hydrogen (secondary N) is 2. The standard InChI is InChI=1S/C21H25N3O2/c1-3-6-19-18(13-22-2)17-7-4-5-8-20(17)24(19)14-15-9-11-16(12-10-15)21(25)23-26/h4-5,7-12,22,26H,3,6,13-14H2,1-2H3,(H,23,25). The van der Waals surface area contributed by atoms with E-state index >= 15 is 0 Å². The average molecular weight is 351 g/mol. The van der Waals surface area contributed by atoms with Gasteiger partial charge in [0.05, 0.1) is 0 Å². The lowest BCUT2D eigenvalue weighted by Crippen LogP contribution is -2.18. The predicted octanol–water partition coefficient (Wildman–Crippen LogP) is 3.48. The van der Waals surface area contributed by atoms with Crippen LogP contribution in [0.4, 0.5) is 0 Å². The zero-order valence-electron chi connectivity index (χ0n) is 15.2. The van der Waals surface area contributed by atoms with Gasteiger partial charge in [0.25, 0.3) is 5.91 Å². The molecule has 136 valence electrons. The maximum absolute atomic E-state index is 11.5. The van der Waals surface area contributed by atoms with Crippen molar-refractivity contribution in [2.24, 2.45) is 0 Å². The minimum absolute atomic E-state index is 0.443. The molecule has 0 fully saturated rings. The number of nitrogens with zero attached hydrogens (tertiary/aromatic N) is 1. The van der Waals surface area contributed by atoms with Crippen molar-refractivity contribution in [3.63, 3.8) is 0 Å². The highest BCUT2D eigenvalue weighted by atomic mass is 16.5. The molecule has 0 radical (unpaired) electrons. The molecule has 1 heterocycles. The van der Waals surface area contributed by atoms with Crippen molar-refractivity contribution in [2.45, 2.75) is 32.9 Å². The molecular weight excluding hydrogens is 326 g/mol. The summed E-state index contributed by atoms with van der Waals surface area (Å²) in [7, 11) is 1.98. The van der Waals surface area contributed by atoms with Gasteiger partial charge in [0, 0.05) is 35.2 Å². The molecule has 0 atom stereocenters. The Kier molecular flexibility index (Phi) is 5.71. The van der Waals surface area contributed by atoms with Crippen LogP contribution < -0.4 is 10.8 Å². The van der Waals surface area contributed by atoms with Gasteiger partial charge in [0.2, 0.25) is 0 Å². The number of benzene rings is 2. The van der Waals surface area contributed by atoms with E-state index in [1.807, 2.05) is 19.2 Å². The zero-order chi connectivity index (χ0) is 18.5. The Bertz CT molecular complexity index is 898. The fourth-order valence-electron chi connectivity index (χ4n) is 3.51. The highest BCUT2D eigenvalue weighted by Gasteiger charge is 2.16. The Morgan fingerprint density at radius 3 is 2.50 bits per heavy atom. The van der Waals surface area contributed by atoms with E-state index in [0.29, 0.717) is 5.56 Å². The molecule has 3 N–H and O–H groups in total. The van der Waals surface area contributed by atoms with Gasteiger partial charge < -0.3 is 9.88 Å². The van der Waals surface area contributed by atoms with E-state index < -0.39 is 5.91 Å². The Labute approximate surface area is 153 Å². The molecule has 1 amide bonds. The summed E-state index contributed by atoms with van der Waals surface area (Å²) in [6.07, 6.45) is 2.11. The van der Waals surface area contributed by atoms with E-state index in [0.717, 1.165) is 31.5 Å². The first-order valence-corrected chi connectivity index (χ1v) is 8.96. The fourth-order valence-corrected chi connectivity index (χ4v) is 3.51. The van der Waals surface area contributed by atoms with Crippen LogP contribution in [0.3, 0.4) is 0 Å². The number of fused-ring (bicyclic) bond motifs is 1. The highest BCUT2D eigenvalue weighted by molar-refractivity contribution is 5.93. The summed E-state index contributed by atoms with van der Waals surface area (Å²) in [5.74, 6) is -0.494. The predicted molar refractivity (Wildman–Crippen MR) is 103 cm³/mol. The topological polar surface area (TPSA) is 66.3 Å². The quantitative estimate of drug-likeness (QED) is 0.451. The summed E-state index contributed by atoms with van der Waals surface area (Å²) in [5.41, 5.74) is 7.19. The summed E-state index contributed by atoms with van der Waals surface area (Å²) in [4.78, 5) is 11.5. The summed E-state index contributed by atoms with van der Waals surface area (Å²) in [6.45, 7) is 3.80. The number of carbonyl (C=O) groups excluding carboxylic acids is 1. The first-order valence-electron chi connectivity index (χ1n) is 8.96. The second-order valence-corrected chi connectivity index (χ2v) is 6.45. The van der Waals surface area contributed by atoms with Gasteiger partial charge in [-0.15, -0.1) is 0 Å². The van der Waals surface area contributed by atoms with Gasteiger partial charge in [-0.05, 0) is 42.8 Å². The maximum atomic E-state index is 11.5. The first-order chi connectivity index (χ1) is 12.7. The smallest absolute Gasteiger partial charge is 0.274 e. The van der Waals surface area contributed by atoms with Gasteiger partial charge in [-0.2, -0.15) is 0 Å². The number of rotatable bonds is 7. The maximum Gasteiger partial charge on any atom is 0.274 e. The second kappa shape index (κ2) is 8.17. The van der Waals surface area contributed by atoms with Gasteiger partial charge in [-0.3, -0.25) is 10.0 Å². The third kappa shape index (κ3) is 3.49. The molecule has 26 heavy (non-hydrogen) atoms. The molecule has 0 spiro atoms. The summed E-state index contributed by atoms with van der Waals surface area (Å²) in [6, 6.07) is 15.9. The summed E-state index contributed by atoms with van der Waals surface area (Å²) in [5, 5.41) is 13.3. The van der Waals surface area contributed by atoms with Crippen molar-refractivity contribution >= 4 is 16.8 Å². The lowest BCUT2D eigenvalue weighted by atomic mass is 10.1. The van der Waals surface area contributed by atoms with Crippen LogP contribution in [-0.2, 0) is 19.5 Å². The third-order valence-corrected chi connectivity index (χ3v) is 4.69. The molecule has 0 bridgehead atoms. The van der Waals surface area contributed by atoms with E-state index in [9.17, 15) is 4.79 Å². The lowest BCUT2D eigenvalue weighted by molar-refractivity contribution is 0.0706. The van der Waals surface area contributed by atoms with Crippen molar-refractivity contribution < 1.29 is 10.0 Å². The number of carbonyl (C=O) groups is 1. The first kappa shape index (κ1) is 18.2. The molecule has 1 aromatic heterocycles. The van der Waals surface area contributed by atoms with Gasteiger partial charge in [-0.1, -0.05) is 43.7 Å². The highest BCUT2D eigenvalue weighted by Crippen LogP contribution is 2.28. The lowest BCUT2D eigenvalue weighted by Gasteiger charge is -2.12. The molecule has 0 saturated heterocycles. The largest absolute Gasteiger partial charge is 0.340 e. The van der Waals surface area contributed by atoms with Crippen LogP contribution in [0.2, 0.25) is 0 Å². The van der Waals surface area contributed by atoms with E-state index in [2.05, 4.69) is 41.1 Å².